The molecule has 2 aromatic rings. The molecule has 0 spiro atoms. The van der Waals surface area contributed by atoms with Crippen molar-refractivity contribution in [3.63, 3.8) is 0 Å². The fourth-order valence-corrected chi connectivity index (χ4v) is 3.33. The number of ketones is 1. The minimum absolute atomic E-state index is 0.0000551. The summed E-state index contributed by atoms with van der Waals surface area (Å²) in [5.41, 5.74) is 0.172. The fraction of sp³-hybridized carbons (Fsp3) is 0.238. The van der Waals surface area contributed by atoms with Crippen LogP contribution in [0.1, 0.15) is 32.4 Å². The maximum Gasteiger partial charge on any atom is 0.294 e. The summed E-state index contributed by atoms with van der Waals surface area (Å²) >= 11 is 6.08. The Hall–Kier alpha value is -2.79. The van der Waals surface area contributed by atoms with Crippen molar-refractivity contribution in [1.29, 1.82) is 0 Å². The largest absolute Gasteiger partial charge is 0.508 e. The molecule has 1 heterocycles. The van der Waals surface area contributed by atoms with Crippen LogP contribution in [0.3, 0.4) is 0 Å². The number of carbonyl (C=O) groups excluding carboxylic acids is 2. The number of hydrogen-bond acceptors (Lipinski definition) is 4. The van der Waals surface area contributed by atoms with E-state index in [0.29, 0.717) is 16.3 Å². The van der Waals surface area contributed by atoms with Crippen molar-refractivity contribution < 1.29 is 19.8 Å². The second-order valence-electron chi connectivity index (χ2n) is 7.49. The Bertz CT molecular complexity index is 959. The van der Waals surface area contributed by atoms with Gasteiger partial charge in [0.05, 0.1) is 11.6 Å². The molecule has 1 unspecified atom stereocenters. The topological polar surface area (TPSA) is 77.8 Å². The molecule has 6 heteroatoms. The number of phenols is 1. The zero-order valence-corrected chi connectivity index (χ0v) is 16.0. The van der Waals surface area contributed by atoms with Gasteiger partial charge in [0, 0.05) is 16.1 Å². The van der Waals surface area contributed by atoms with Gasteiger partial charge in [-0.25, -0.2) is 0 Å². The van der Waals surface area contributed by atoms with Crippen LogP contribution < -0.4 is 4.90 Å². The van der Waals surface area contributed by atoms with Gasteiger partial charge < -0.3 is 10.2 Å². The van der Waals surface area contributed by atoms with Gasteiger partial charge >= 0.3 is 0 Å². The number of Topliss-reactive ketones (excluding diaryl/α,β-unsaturated/α-hetero) is 1. The van der Waals surface area contributed by atoms with Gasteiger partial charge in [-0.2, -0.15) is 0 Å². The predicted octanol–water partition coefficient (Wildman–Crippen LogP) is 4.56. The van der Waals surface area contributed by atoms with Crippen molar-refractivity contribution in [2.24, 2.45) is 5.41 Å². The van der Waals surface area contributed by atoms with E-state index in [2.05, 4.69) is 0 Å². The highest BCUT2D eigenvalue weighted by Crippen LogP contribution is 2.44. The summed E-state index contributed by atoms with van der Waals surface area (Å²) in [7, 11) is 0. The number of anilines is 1. The predicted molar refractivity (Wildman–Crippen MR) is 104 cm³/mol. The standard InChI is InChI=1S/C21H20ClNO4/c1-21(2,3)19(26)16-17(12-6-4-9-15(24)10-12)23(20(27)18(16)25)14-8-5-7-13(22)11-14/h4-11,17,24-25H,1-3H3. The highest BCUT2D eigenvalue weighted by molar-refractivity contribution is 6.31. The maximum atomic E-state index is 13.0. The molecule has 27 heavy (non-hydrogen) atoms. The van der Waals surface area contributed by atoms with Gasteiger partial charge in [0.1, 0.15) is 5.75 Å². The third kappa shape index (κ3) is 3.43. The lowest BCUT2D eigenvalue weighted by molar-refractivity contribution is -0.123. The number of halogens is 1. The number of aromatic hydroxyl groups is 1. The van der Waals surface area contributed by atoms with E-state index in [4.69, 9.17) is 11.6 Å². The van der Waals surface area contributed by atoms with Crippen LogP contribution in [-0.4, -0.2) is 21.9 Å². The maximum absolute atomic E-state index is 13.0. The van der Waals surface area contributed by atoms with Crippen molar-refractivity contribution in [3.8, 4) is 5.75 Å². The van der Waals surface area contributed by atoms with Gasteiger partial charge in [-0.15, -0.1) is 0 Å². The van der Waals surface area contributed by atoms with Crippen LogP contribution in [0.4, 0.5) is 5.69 Å². The van der Waals surface area contributed by atoms with Crippen molar-refractivity contribution in [2.45, 2.75) is 26.8 Å². The molecule has 0 saturated heterocycles. The first-order valence-corrected chi connectivity index (χ1v) is 8.85. The Morgan fingerprint density at radius 1 is 1.07 bits per heavy atom. The molecule has 0 aromatic heterocycles. The monoisotopic (exact) mass is 385 g/mol. The Morgan fingerprint density at radius 3 is 2.33 bits per heavy atom. The number of rotatable bonds is 3. The molecule has 1 aliphatic heterocycles. The molecule has 3 rings (SSSR count). The fourth-order valence-electron chi connectivity index (χ4n) is 3.14. The molecule has 1 atom stereocenters. The Labute approximate surface area is 162 Å². The van der Waals surface area contributed by atoms with Gasteiger partial charge in [0.25, 0.3) is 5.91 Å². The van der Waals surface area contributed by atoms with Gasteiger partial charge in [-0.05, 0) is 35.9 Å². The lowest BCUT2D eigenvalue weighted by Crippen LogP contribution is -2.32. The molecule has 2 N–H and O–H groups in total. The van der Waals surface area contributed by atoms with Crippen LogP contribution in [0.15, 0.2) is 59.9 Å². The molecule has 140 valence electrons. The van der Waals surface area contributed by atoms with E-state index in [0.717, 1.165) is 0 Å². The Morgan fingerprint density at radius 2 is 1.74 bits per heavy atom. The van der Waals surface area contributed by atoms with Gasteiger partial charge in [-0.1, -0.05) is 50.6 Å². The average molecular weight is 386 g/mol. The number of aliphatic hydroxyl groups is 1. The minimum Gasteiger partial charge on any atom is -0.508 e. The van der Waals surface area contributed by atoms with Crippen molar-refractivity contribution in [3.05, 3.63) is 70.4 Å². The van der Waals surface area contributed by atoms with Gasteiger partial charge in [0.15, 0.2) is 11.5 Å². The zero-order valence-electron chi connectivity index (χ0n) is 15.2. The molecule has 0 bridgehead atoms. The normalized spacial score (nSPS) is 17.6. The number of amides is 1. The van der Waals surface area contributed by atoms with E-state index in [1.807, 2.05) is 0 Å². The van der Waals surface area contributed by atoms with Crippen molar-refractivity contribution in [1.82, 2.24) is 0 Å². The SMILES string of the molecule is CC(C)(C)C(=O)C1=C(O)C(=O)N(c2cccc(Cl)c2)C1c1cccc(O)c1. The second kappa shape index (κ2) is 6.74. The van der Waals surface area contributed by atoms with Crippen LogP contribution in [0.5, 0.6) is 5.75 Å². The van der Waals surface area contributed by atoms with Crippen LogP contribution in [0.2, 0.25) is 5.02 Å². The third-order valence-electron chi connectivity index (χ3n) is 4.41. The summed E-state index contributed by atoms with van der Waals surface area (Å²) in [6.45, 7) is 5.17. The summed E-state index contributed by atoms with van der Waals surface area (Å²) in [5, 5.41) is 20.9. The molecule has 5 nitrogen and oxygen atoms in total. The lowest BCUT2D eigenvalue weighted by atomic mass is 9.82. The van der Waals surface area contributed by atoms with E-state index in [9.17, 15) is 19.8 Å². The molecule has 0 radical (unpaired) electrons. The number of carbonyl (C=O) groups is 2. The molecular formula is C21H20ClNO4. The number of phenolic OH excluding ortho intramolecular Hbond substituents is 1. The lowest BCUT2D eigenvalue weighted by Gasteiger charge is -2.29. The minimum atomic E-state index is -0.866. The second-order valence-corrected chi connectivity index (χ2v) is 7.93. The highest BCUT2D eigenvalue weighted by atomic mass is 35.5. The summed E-state index contributed by atoms with van der Waals surface area (Å²) < 4.78 is 0. The number of aliphatic hydroxyl groups excluding tert-OH is 1. The van der Waals surface area contributed by atoms with Crippen LogP contribution in [0, 0.1) is 5.41 Å². The molecular weight excluding hydrogens is 366 g/mol. The quantitative estimate of drug-likeness (QED) is 0.811. The first kappa shape index (κ1) is 19.0. The molecule has 0 aliphatic carbocycles. The highest BCUT2D eigenvalue weighted by Gasteiger charge is 2.46. The summed E-state index contributed by atoms with van der Waals surface area (Å²) in [6, 6.07) is 12.1. The average Bonchev–Trinajstić information content (AvgIpc) is 2.85. The first-order valence-electron chi connectivity index (χ1n) is 8.47. The van der Waals surface area contributed by atoms with E-state index in [1.165, 1.54) is 17.0 Å². The zero-order chi connectivity index (χ0) is 19.9. The summed E-state index contributed by atoms with van der Waals surface area (Å²) in [6.07, 6.45) is 0. The molecule has 0 saturated carbocycles. The van der Waals surface area contributed by atoms with E-state index >= 15 is 0 Å². The van der Waals surface area contributed by atoms with E-state index in [1.54, 1.807) is 57.2 Å². The van der Waals surface area contributed by atoms with Crippen molar-refractivity contribution in [2.75, 3.05) is 4.90 Å². The Kier molecular flexibility index (Phi) is 4.74. The molecule has 1 amide bonds. The van der Waals surface area contributed by atoms with E-state index < -0.39 is 23.1 Å². The molecule has 0 fully saturated rings. The molecule has 2 aromatic carbocycles. The molecule has 1 aliphatic rings. The van der Waals surface area contributed by atoms with E-state index in [-0.39, 0.29) is 17.1 Å². The third-order valence-corrected chi connectivity index (χ3v) is 4.64. The summed E-state index contributed by atoms with van der Waals surface area (Å²) in [4.78, 5) is 27.3. The number of nitrogens with zero attached hydrogens (tertiary/aromatic N) is 1. The Balaban J connectivity index is 2.23. The number of hydrogen-bond donors (Lipinski definition) is 2. The smallest absolute Gasteiger partial charge is 0.294 e. The van der Waals surface area contributed by atoms with Crippen molar-refractivity contribution >= 4 is 29.0 Å². The van der Waals surface area contributed by atoms with Gasteiger partial charge in [0.2, 0.25) is 0 Å². The van der Waals surface area contributed by atoms with Crippen LogP contribution in [0.25, 0.3) is 0 Å². The summed E-state index contributed by atoms with van der Waals surface area (Å²) in [5.74, 6) is -1.60. The van der Waals surface area contributed by atoms with Crippen LogP contribution >= 0.6 is 11.6 Å². The first-order chi connectivity index (χ1) is 12.6. The van der Waals surface area contributed by atoms with Gasteiger partial charge in [-0.3, -0.25) is 14.5 Å². The van der Waals surface area contributed by atoms with Crippen LogP contribution in [-0.2, 0) is 9.59 Å². The number of benzene rings is 2.